The van der Waals surface area contributed by atoms with Crippen molar-refractivity contribution in [3.8, 4) is 0 Å². The fourth-order valence-corrected chi connectivity index (χ4v) is 0.167. The highest BCUT2D eigenvalue weighted by Gasteiger charge is 1.96. The van der Waals surface area contributed by atoms with Crippen LogP contribution in [-0.4, -0.2) is 17.2 Å². The number of carboxylic acid groups (broad SMARTS) is 1. The minimum Gasteiger partial charge on any atom is -0.547 e. The minimum absolute atomic E-state index is 0.211. The Morgan fingerprint density at radius 1 is 2.00 bits per heavy atom. The third-order valence-corrected chi connectivity index (χ3v) is 0.659. The van der Waals surface area contributed by atoms with Crippen molar-refractivity contribution in [2.24, 2.45) is 0 Å². The summed E-state index contributed by atoms with van der Waals surface area (Å²) < 4.78 is 0. The first kappa shape index (κ1) is 6.43. The Hall–Kier alpha value is -0.570. The zero-order valence-corrected chi connectivity index (χ0v) is 4.05. The van der Waals surface area contributed by atoms with Crippen LogP contribution >= 0.6 is 0 Å². The van der Waals surface area contributed by atoms with Crippen LogP contribution < -0.4 is 5.11 Å². The van der Waals surface area contributed by atoms with Gasteiger partial charge in [-0.3, -0.25) is 0 Å². The number of aliphatic carboxylic acids is 1. The molecule has 0 rings (SSSR count). The second-order valence-electron chi connectivity index (χ2n) is 1.24. The molecule has 0 spiro atoms. The molecule has 42 valence electrons. The Morgan fingerprint density at radius 3 is 2.43 bits per heavy atom. The average molecular weight is 103 g/mol. The van der Waals surface area contributed by atoms with E-state index in [1.807, 2.05) is 0 Å². The molecule has 1 N–H and O–H groups in total. The molecule has 0 saturated carbocycles. The maximum Gasteiger partial charge on any atom is 0.0931 e. The third-order valence-electron chi connectivity index (χ3n) is 0.659. The summed E-state index contributed by atoms with van der Waals surface area (Å²) in [6.07, 6.45) is -1.08. The lowest BCUT2D eigenvalue weighted by molar-refractivity contribution is -0.315. The molecule has 0 aromatic carbocycles. The first-order valence-electron chi connectivity index (χ1n) is 2.07. The van der Waals surface area contributed by atoms with Crippen LogP contribution in [0.2, 0.25) is 0 Å². The smallest absolute Gasteiger partial charge is 0.0931 e. The Balaban J connectivity index is 3.34. The number of carbonyl (C=O) groups excluding carboxylic acids is 1. The molecule has 0 heterocycles. The average Bonchev–Trinajstić information content (AvgIpc) is 1.65. The van der Waals surface area contributed by atoms with E-state index in [1.165, 1.54) is 0 Å². The first-order valence-corrected chi connectivity index (χ1v) is 2.07. The van der Waals surface area contributed by atoms with Crippen molar-refractivity contribution in [1.29, 1.82) is 0 Å². The summed E-state index contributed by atoms with van der Waals surface area (Å²) in [7, 11) is 0. The van der Waals surface area contributed by atoms with Crippen LogP contribution in [0.3, 0.4) is 0 Å². The molecule has 0 aromatic rings. The summed E-state index contributed by atoms with van der Waals surface area (Å²) >= 11 is 0. The van der Waals surface area contributed by atoms with Gasteiger partial charge in [-0.15, -0.1) is 0 Å². The summed E-state index contributed by atoms with van der Waals surface area (Å²) in [6, 6.07) is 0. The maximum atomic E-state index is 9.57. The van der Waals surface area contributed by atoms with E-state index < -0.39 is 12.1 Å². The molecule has 0 aliphatic rings. The van der Waals surface area contributed by atoms with Crippen molar-refractivity contribution in [2.75, 3.05) is 0 Å². The normalized spacial score (nSPS) is 13.4. The molecule has 0 amide bonds. The molecule has 3 nitrogen and oxygen atoms in total. The summed E-state index contributed by atoms with van der Waals surface area (Å²) in [6.45, 7) is 1.57. The van der Waals surface area contributed by atoms with Crippen molar-refractivity contribution >= 4 is 5.97 Å². The van der Waals surface area contributed by atoms with Gasteiger partial charge in [-0.25, -0.2) is 0 Å². The molecule has 0 aliphatic carbocycles. The second kappa shape index (κ2) is 2.58. The van der Waals surface area contributed by atoms with Crippen LogP contribution in [0.5, 0.6) is 0 Å². The van der Waals surface area contributed by atoms with Gasteiger partial charge in [0.05, 0.1) is 12.1 Å². The zero-order valence-electron chi connectivity index (χ0n) is 4.05. The number of rotatable bonds is 2. The predicted molar refractivity (Wildman–Crippen MR) is 21.3 cm³/mol. The summed E-state index contributed by atoms with van der Waals surface area (Å²) in [5, 5.41) is 17.8. The zero-order chi connectivity index (χ0) is 5.86. The quantitative estimate of drug-likeness (QED) is 0.463. The number of aliphatic hydroxyl groups excluding tert-OH is 1. The van der Waals surface area contributed by atoms with E-state index >= 15 is 0 Å². The minimum atomic E-state index is -1.40. The highest BCUT2D eigenvalue weighted by Crippen LogP contribution is 1.83. The SMILES string of the molecule is CC[C@@H](O)C(=O)[O-]. The lowest BCUT2D eigenvalue weighted by atomic mass is 10.3. The van der Waals surface area contributed by atoms with Crippen molar-refractivity contribution < 1.29 is 15.0 Å². The van der Waals surface area contributed by atoms with Gasteiger partial charge in [-0.05, 0) is 6.42 Å². The van der Waals surface area contributed by atoms with E-state index in [4.69, 9.17) is 5.11 Å². The lowest BCUT2D eigenvalue weighted by Gasteiger charge is -2.05. The van der Waals surface area contributed by atoms with Gasteiger partial charge >= 0.3 is 0 Å². The van der Waals surface area contributed by atoms with Crippen molar-refractivity contribution in [3.05, 3.63) is 0 Å². The Kier molecular flexibility index (Phi) is 2.37. The molecule has 0 saturated heterocycles. The summed E-state index contributed by atoms with van der Waals surface area (Å²) in [4.78, 5) is 9.57. The van der Waals surface area contributed by atoms with Crippen LogP contribution in [0.4, 0.5) is 0 Å². The predicted octanol–water partition coefficient (Wildman–Crippen LogP) is -1.49. The van der Waals surface area contributed by atoms with E-state index in [0.717, 1.165) is 0 Å². The number of hydrogen-bond donors (Lipinski definition) is 1. The molecule has 0 bridgehead atoms. The molecule has 0 fully saturated rings. The highest BCUT2D eigenvalue weighted by molar-refractivity contribution is 5.69. The summed E-state index contributed by atoms with van der Waals surface area (Å²) in [5.41, 5.74) is 0. The summed E-state index contributed by atoms with van der Waals surface area (Å²) in [5.74, 6) is -1.40. The van der Waals surface area contributed by atoms with Gasteiger partial charge in [0.15, 0.2) is 0 Å². The number of aliphatic hydroxyl groups is 1. The van der Waals surface area contributed by atoms with Gasteiger partial charge in [0.1, 0.15) is 0 Å². The Morgan fingerprint density at radius 2 is 2.43 bits per heavy atom. The molecule has 0 aliphatic heterocycles. The number of carboxylic acids is 1. The van der Waals surface area contributed by atoms with Crippen LogP contribution in [0.1, 0.15) is 13.3 Å². The van der Waals surface area contributed by atoms with Crippen LogP contribution in [0, 0.1) is 0 Å². The molecule has 0 aromatic heterocycles. The van der Waals surface area contributed by atoms with Crippen molar-refractivity contribution in [3.63, 3.8) is 0 Å². The largest absolute Gasteiger partial charge is 0.547 e. The van der Waals surface area contributed by atoms with E-state index in [-0.39, 0.29) is 6.42 Å². The monoisotopic (exact) mass is 103 g/mol. The fraction of sp³-hybridized carbons (Fsp3) is 0.750. The van der Waals surface area contributed by atoms with E-state index in [9.17, 15) is 9.90 Å². The first-order chi connectivity index (χ1) is 3.18. The van der Waals surface area contributed by atoms with E-state index in [1.54, 1.807) is 6.92 Å². The lowest BCUT2D eigenvalue weighted by Crippen LogP contribution is -2.34. The second-order valence-corrected chi connectivity index (χ2v) is 1.24. The Labute approximate surface area is 41.6 Å². The van der Waals surface area contributed by atoms with Gasteiger partial charge in [-0.1, -0.05) is 6.92 Å². The van der Waals surface area contributed by atoms with Crippen LogP contribution in [0.15, 0.2) is 0 Å². The number of carbonyl (C=O) groups is 1. The standard InChI is InChI=1S/C4H8O3/c1-2-3(5)4(6)7/h3,5H,2H2,1H3,(H,6,7)/p-1/t3-/m1/s1. The van der Waals surface area contributed by atoms with Crippen LogP contribution in [0.25, 0.3) is 0 Å². The van der Waals surface area contributed by atoms with Crippen LogP contribution in [-0.2, 0) is 4.79 Å². The molecular formula is C4H7O3-. The maximum absolute atomic E-state index is 9.57. The highest BCUT2D eigenvalue weighted by atomic mass is 16.4. The van der Waals surface area contributed by atoms with E-state index in [0.29, 0.717) is 0 Å². The number of hydrogen-bond acceptors (Lipinski definition) is 3. The molecule has 0 unspecified atom stereocenters. The molecule has 7 heavy (non-hydrogen) atoms. The topological polar surface area (TPSA) is 60.4 Å². The molecule has 0 radical (unpaired) electrons. The van der Waals surface area contributed by atoms with Crippen molar-refractivity contribution in [2.45, 2.75) is 19.4 Å². The van der Waals surface area contributed by atoms with Gasteiger partial charge in [0.2, 0.25) is 0 Å². The van der Waals surface area contributed by atoms with Gasteiger partial charge in [0, 0.05) is 0 Å². The third kappa shape index (κ3) is 2.17. The van der Waals surface area contributed by atoms with Gasteiger partial charge in [0.25, 0.3) is 0 Å². The van der Waals surface area contributed by atoms with Crippen molar-refractivity contribution in [1.82, 2.24) is 0 Å². The fourth-order valence-electron chi connectivity index (χ4n) is 0.167. The van der Waals surface area contributed by atoms with Gasteiger partial charge < -0.3 is 15.0 Å². The van der Waals surface area contributed by atoms with E-state index in [2.05, 4.69) is 0 Å². The van der Waals surface area contributed by atoms with Gasteiger partial charge in [-0.2, -0.15) is 0 Å². The Bertz CT molecular complexity index is 69.3. The molecule has 1 atom stereocenters. The molecular weight excluding hydrogens is 96.0 g/mol. The molecule has 3 heteroatoms.